The Morgan fingerprint density at radius 3 is 2.75 bits per heavy atom. The summed E-state index contributed by atoms with van der Waals surface area (Å²) < 4.78 is 5.35. The molecule has 0 aliphatic heterocycles. The highest BCUT2D eigenvalue weighted by molar-refractivity contribution is 7.98. The maximum absolute atomic E-state index is 6.06. The minimum Gasteiger partial charge on any atom is -0.480 e. The lowest BCUT2D eigenvalue weighted by Crippen LogP contribution is -2.02. The minimum atomic E-state index is 0.457. The third kappa shape index (κ3) is 2.45. The molecule has 20 heavy (non-hydrogen) atoms. The van der Waals surface area contributed by atoms with Crippen molar-refractivity contribution in [3.63, 3.8) is 0 Å². The molecule has 0 spiro atoms. The van der Waals surface area contributed by atoms with Crippen LogP contribution in [0.15, 0.2) is 17.6 Å². The van der Waals surface area contributed by atoms with Gasteiger partial charge in [-0.3, -0.25) is 0 Å². The molecule has 0 amide bonds. The van der Waals surface area contributed by atoms with Gasteiger partial charge in [0.2, 0.25) is 5.88 Å². The number of thioether (sulfide) groups is 1. The van der Waals surface area contributed by atoms with E-state index >= 15 is 0 Å². The maximum Gasteiger partial charge on any atom is 0.227 e. The first kappa shape index (κ1) is 13.6. The van der Waals surface area contributed by atoms with Crippen molar-refractivity contribution in [2.24, 2.45) is 0 Å². The van der Waals surface area contributed by atoms with Crippen LogP contribution in [0.3, 0.4) is 0 Å². The number of hydrogen-bond donors (Lipinski definition) is 0. The van der Waals surface area contributed by atoms with Crippen molar-refractivity contribution in [1.82, 2.24) is 19.9 Å². The lowest BCUT2D eigenvalue weighted by molar-refractivity contribution is 0.397. The molecule has 5 nitrogen and oxygen atoms in total. The van der Waals surface area contributed by atoms with Gasteiger partial charge in [-0.05, 0) is 19.1 Å². The molecule has 3 rings (SSSR count). The van der Waals surface area contributed by atoms with E-state index < -0.39 is 0 Å². The van der Waals surface area contributed by atoms with Crippen LogP contribution in [0.1, 0.15) is 24.5 Å². The Morgan fingerprint density at radius 1 is 1.30 bits per heavy atom. The lowest BCUT2D eigenvalue weighted by Gasteiger charge is -2.11. The van der Waals surface area contributed by atoms with Crippen molar-refractivity contribution in [3.05, 3.63) is 23.2 Å². The van der Waals surface area contributed by atoms with Crippen molar-refractivity contribution >= 4 is 23.4 Å². The van der Waals surface area contributed by atoms with Crippen LogP contribution in [0.5, 0.6) is 5.88 Å². The fourth-order valence-corrected chi connectivity index (χ4v) is 2.78. The monoisotopic (exact) mass is 308 g/mol. The lowest BCUT2D eigenvalue weighted by atomic mass is 10.1. The average molecular weight is 309 g/mol. The molecule has 2 heterocycles. The highest BCUT2D eigenvalue weighted by Gasteiger charge is 2.31. The Kier molecular flexibility index (Phi) is 3.76. The largest absolute Gasteiger partial charge is 0.480 e. The smallest absolute Gasteiger partial charge is 0.227 e. The molecular weight excluding hydrogens is 296 g/mol. The van der Waals surface area contributed by atoms with Crippen molar-refractivity contribution < 1.29 is 4.74 Å². The molecular formula is C13H13ClN4OS. The van der Waals surface area contributed by atoms with E-state index in [1.807, 2.05) is 6.26 Å². The summed E-state index contributed by atoms with van der Waals surface area (Å²) in [4.78, 5) is 17.4. The SMILES string of the molecule is COc1ncnc(C2CC2)c1-c1ncc(Cl)c(SC)n1. The van der Waals surface area contributed by atoms with E-state index in [2.05, 4.69) is 19.9 Å². The average Bonchev–Trinajstić information content (AvgIpc) is 3.31. The zero-order valence-electron chi connectivity index (χ0n) is 11.1. The molecule has 0 radical (unpaired) electrons. The minimum absolute atomic E-state index is 0.457. The van der Waals surface area contributed by atoms with Crippen molar-refractivity contribution in [2.45, 2.75) is 23.8 Å². The highest BCUT2D eigenvalue weighted by atomic mass is 35.5. The Morgan fingerprint density at radius 2 is 2.10 bits per heavy atom. The number of methoxy groups -OCH3 is 1. The summed E-state index contributed by atoms with van der Waals surface area (Å²) >= 11 is 7.55. The molecule has 0 N–H and O–H groups in total. The molecule has 1 saturated carbocycles. The number of hydrogen-bond acceptors (Lipinski definition) is 6. The summed E-state index contributed by atoms with van der Waals surface area (Å²) in [5.74, 6) is 1.54. The van der Waals surface area contributed by atoms with Gasteiger partial charge in [0, 0.05) is 5.92 Å². The first-order valence-corrected chi connectivity index (χ1v) is 7.80. The van der Waals surface area contributed by atoms with E-state index in [0.29, 0.717) is 22.6 Å². The molecule has 2 aromatic heterocycles. The van der Waals surface area contributed by atoms with Gasteiger partial charge in [-0.1, -0.05) is 11.6 Å². The molecule has 1 aliphatic carbocycles. The quantitative estimate of drug-likeness (QED) is 0.638. The van der Waals surface area contributed by atoms with Crippen LogP contribution in [0.25, 0.3) is 11.4 Å². The second-order valence-corrected chi connectivity index (χ2v) is 5.67. The fourth-order valence-electron chi connectivity index (χ4n) is 2.03. The van der Waals surface area contributed by atoms with Gasteiger partial charge in [0.15, 0.2) is 5.82 Å². The van der Waals surface area contributed by atoms with E-state index in [1.165, 1.54) is 18.1 Å². The Labute approximate surface area is 126 Å². The maximum atomic E-state index is 6.06. The molecule has 7 heteroatoms. The molecule has 104 valence electrons. The van der Waals surface area contributed by atoms with E-state index in [4.69, 9.17) is 16.3 Å². The summed E-state index contributed by atoms with van der Waals surface area (Å²) in [6, 6.07) is 0. The van der Waals surface area contributed by atoms with Crippen LogP contribution < -0.4 is 4.74 Å². The third-order valence-electron chi connectivity index (χ3n) is 3.13. The van der Waals surface area contributed by atoms with Gasteiger partial charge in [-0.2, -0.15) is 0 Å². The number of nitrogens with zero attached hydrogens (tertiary/aromatic N) is 4. The second-order valence-electron chi connectivity index (χ2n) is 4.47. The van der Waals surface area contributed by atoms with Crippen molar-refractivity contribution in [3.8, 4) is 17.3 Å². The third-order valence-corrected chi connectivity index (χ3v) is 4.21. The van der Waals surface area contributed by atoms with Crippen molar-refractivity contribution in [1.29, 1.82) is 0 Å². The molecule has 1 fully saturated rings. The molecule has 2 aromatic rings. The molecule has 1 aliphatic rings. The number of halogens is 1. The van der Waals surface area contributed by atoms with Crippen LogP contribution in [0.4, 0.5) is 0 Å². The predicted molar refractivity (Wildman–Crippen MR) is 78.4 cm³/mol. The van der Waals surface area contributed by atoms with Gasteiger partial charge in [0.05, 0.1) is 24.0 Å². The summed E-state index contributed by atoms with van der Waals surface area (Å²) in [6.45, 7) is 0. The zero-order valence-corrected chi connectivity index (χ0v) is 12.7. The normalized spacial score (nSPS) is 14.3. The van der Waals surface area contributed by atoms with Gasteiger partial charge in [-0.25, -0.2) is 19.9 Å². The van der Waals surface area contributed by atoms with Crippen LogP contribution in [0.2, 0.25) is 5.02 Å². The van der Waals surface area contributed by atoms with E-state index in [9.17, 15) is 0 Å². The molecule has 0 unspecified atom stereocenters. The summed E-state index contributed by atoms with van der Waals surface area (Å²) in [7, 11) is 1.59. The van der Waals surface area contributed by atoms with Crippen LogP contribution in [-0.4, -0.2) is 33.3 Å². The van der Waals surface area contributed by atoms with Crippen LogP contribution in [-0.2, 0) is 0 Å². The van der Waals surface area contributed by atoms with Gasteiger partial charge < -0.3 is 4.74 Å². The summed E-state index contributed by atoms with van der Waals surface area (Å²) in [6.07, 6.45) is 7.34. The van der Waals surface area contributed by atoms with Gasteiger partial charge in [0.1, 0.15) is 16.9 Å². The van der Waals surface area contributed by atoms with Gasteiger partial charge in [0.25, 0.3) is 0 Å². The Bertz CT molecular complexity index is 648. The topological polar surface area (TPSA) is 60.8 Å². The Balaban J connectivity index is 2.17. The molecule has 0 aromatic carbocycles. The number of aromatic nitrogens is 4. The second kappa shape index (κ2) is 5.54. The number of rotatable bonds is 4. The zero-order chi connectivity index (χ0) is 14.1. The summed E-state index contributed by atoms with van der Waals surface area (Å²) in [5.41, 5.74) is 1.75. The predicted octanol–water partition coefficient (Wildman–Crippen LogP) is 3.19. The van der Waals surface area contributed by atoms with Gasteiger partial charge in [-0.15, -0.1) is 11.8 Å². The molecule has 0 bridgehead atoms. The number of ether oxygens (including phenoxy) is 1. The molecule has 0 saturated heterocycles. The standard InChI is InChI=1S/C13H13ClN4OS/c1-19-12-9(10(7-3-4-7)16-6-17-12)11-15-5-8(14)13(18-11)20-2/h5-7H,3-4H2,1-2H3. The highest BCUT2D eigenvalue weighted by Crippen LogP contribution is 2.45. The molecule has 0 atom stereocenters. The Hall–Kier alpha value is -1.40. The van der Waals surface area contributed by atoms with Crippen molar-refractivity contribution in [2.75, 3.05) is 13.4 Å². The fraction of sp³-hybridized carbons (Fsp3) is 0.385. The first-order chi connectivity index (χ1) is 9.74. The van der Waals surface area contributed by atoms with Crippen LogP contribution in [0, 0.1) is 0 Å². The van der Waals surface area contributed by atoms with E-state index in [1.54, 1.807) is 13.3 Å². The summed E-state index contributed by atoms with van der Waals surface area (Å²) in [5, 5.41) is 1.29. The van der Waals surface area contributed by atoms with E-state index in [-0.39, 0.29) is 0 Å². The first-order valence-electron chi connectivity index (χ1n) is 6.20. The van der Waals surface area contributed by atoms with Crippen LogP contribution >= 0.6 is 23.4 Å². The van der Waals surface area contributed by atoms with Gasteiger partial charge >= 0.3 is 0 Å². The van der Waals surface area contributed by atoms with E-state index in [0.717, 1.165) is 29.1 Å².